The molecule has 1 nitrogen and oxygen atoms in total. The Labute approximate surface area is 83.5 Å². The summed E-state index contributed by atoms with van der Waals surface area (Å²) in [4.78, 5) is 0. The maximum Gasteiger partial charge on any atom is 0.0647 e. The van der Waals surface area contributed by atoms with Gasteiger partial charge in [0.15, 0.2) is 0 Å². The average Bonchev–Trinajstić information content (AvgIpc) is 2.06. The Bertz CT molecular complexity index is 114. The first-order valence-electron chi connectivity index (χ1n) is 5.80. The van der Waals surface area contributed by atoms with Crippen molar-refractivity contribution < 1.29 is 5.11 Å². The summed E-state index contributed by atoms with van der Waals surface area (Å²) in [7, 11) is 0. The zero-order valence-corrected chi connectivity index (χ0v) is 9.77. The Hall–Kier alpha value is -0.0400. The van der Waals surface area contributed by atoms with E-state index in [2.05, 4.69) is 20.8 Å². The molecule has 80 valence electrons. The van der Waals surface area contributed by atoms with E-state index >= 15 is 0 Å². The maximum atomic E-state index is 10.2. The molecule has 0 rings (SSSR count). The van der Waals surface area contributed by atoms with Crippen molar-refractivity contribution in [3.8, 4) is 0 Å². The molecular formula is C12H26O. The molecule has 0 saturated heterocycles. The van der Waals surface area contributed by atoms with Crippen LogP contribution in [-0.2, 0) is 0 Å². The van der Waals surface area contributed by atoms with Crippen LogP contribution in [0.1, 0.15) is 66.2 Å². The molecule has 0 aromatic rings. The fourth-order valence-corrected chi connectivity index (χ4v) is 2.11. The van der Waals surface area contributed by atoms with E-state index in [-0.39, 0.29) is 0 Å². The quantitative estimate of drug-likeness (QED) is 0.600. The summed E-state index contributed by atoms with van der Waals surface area (Å²) < 4.78 is 0. The Morgan fingerprint density at radius 2 is 1.62 bits per heavy atom. The molecule has 0 heterocycles. The van der Waals surface area contributed by atoms with Gasteiger partial charge in [-0.05, 0) is 19.3 Å². The summed E-state index contributed by atoms with van der Waals surface area (Å²) >= 11 is 0. The Balaban J connectivity index is 3.88. The maximum absolute atomic E-state index is 10.2. The highest BCUT2D eigenvalue weighted by Gasteiger charge is 2.28. The second-order valence-corrected chi connectivity index (χ2v) is 4.33. The molecule has 1 atom stereocenters. The third kappa shape index (κ3) is 4.66. The van der Waals surface area contributed by atoms with E-state index in [0.717, 1.165) is 19.3 Å². The molecule has 0 aliphatic carbocycles. The van der Waals surface area contributed by atoms with Crippen LogP contribution in [0.2, 0.25) is 0 Å². The molecule has 0 aromatic heterocycles. The van der Waals surface area contributed by atoms with E-state index in [4.69, 9.17) is 0 Å². The third-order valence-corrected chi connectivity index (χ3v) is 3.15. The van der Waals surface area contributed by atoms with E-state index in [1.165, 1.54) is 19.3 Å². The summed E-state index contributed by atoms with van der Waals surface area (Å²) in [6.45, 7) is 8.54. The Morgan fingerprint density at radius 1 is 1.08 bits per heavy atom. The summed E-state index contributed by atoms with van der Waals surface area (Å²) in [6.07, 6.45) is 6.80. The van der Waals surface area contributed by atoms with Crippen molar-refractivity contribution >= 4 is 0 Å². The fraction of sp³-hybridized carbons (Fsp3) is 1.00. The van der Waals surface area contributed by atoms with Gasteiger partial charge < -0.3 is 5.11 Å². The summed E-state index contributed by atoms with van der Waals surface area (Å²) in [5, 5.41) is 10.2. The predicted molar refractivity (Wildman–Crippen MR) is 58.8 cm³/mol. The van der Waals surface area contributed by atoms with Gasteiger partial charge in [-0.3, -0.25) is 0 Å². The fourth-order valence-electron chi connectivity index (χ4n) is 2.11. The summed E-state index contributed by atoms with van der Waals surface area (Å²) in [5.41, 5.74) is -0.432. The highest BCUT2D eigenvalue weighted by molar-refractivity contribution is 4.80. The Morgan fingerprint density at radius 3 is 2.00 bits per heavy atom. The van der Waals surface area contributed by atoms with Crippen LogP contribution in [0, 0.1) is 5.92 Å². The van der Waals surface area contributed by atoms with Crippen LogP contribution < -0.4 is 0 Å². The monoisotopic (exact) mass is 186 g/mol. The van der Waals surface area contributed by atoms with Gasteiger partial charge in [0.2, 0.25) is 0 Å². The van der Waals surface area contributed by atoms with Crippen molar-refractivity contribution in [3.63, 3.8) is 0 Å². The van der Waals surface area contributed by atoms with E-state index in [1.807, 2.05) is 6.92 Å². The first-order chi connectivity index (χ1) is 6.08. The number of unbranched alkanes of at least 4 members (excludes halogenated alkanes) is 2. The topological polar surface area (TPSA) is 20.2 Å². The third-order valence-electron chi connectivity index (χ3n) is 3.15. The summed E-state index contributed by atoms with van der Waals surface area (Å²) in [5.74, 6) is 0.476. The van der Waals surface area contributed by atoms with Crippen LogP contribution >= 0.6 is 0 Å². The van der Waals surface area contributed by atoms with Crippen LogP contribution in [0.4, 0.5) is 0 Å². The summed E-state index contributed by atoms with van der Waals surface area (Å²) in [6, 6.07) is 0. The van der Waals surface area contributed by atoms with Crippen LogP contribution in [0.5, 0.6) is 0 Å². The van der Waals surface area contributed by atoms with Crippen molar-refractivity contribution in [1.82, 2.24) is 0 Å². The molecule has 0 fully saturated rings. The number of rotatable bonds is 7. The van der Waals surface area contributed by atoms with Crippen molar-refractivity contribution in [2.24, 2.45) is 5.92 Å². The van der Waals surface area contributed by atoms with Gasteiger partial charge in [-0.25, -0.2) is 0 Å². The van der Waals surface area contributed by atoms with Gasteiger partial charge in [0, 0.05) is 0 Å². The Kier molecular flexibility index (Phi) is 6.40. The number of hydrogen-bond acceptors (Lipinski definition) is 1. The first kappa shape index (κ1) is 13.0. The predicted octanol–water partition coefficient (Wildman–Crippen LogP) is 3.75. The molecule has 0 aliphatic heterocycles. The molecule has 0 amide bonds. The lowest BCUT2D eigenvalue weighted by atomic mass is 9.81. The van der Waals surface area contributed by atoms with Crippen molar-refractivity contribution in [2.45, 2.75) is 71.8 Å². The minimum Gasteiger partial charge on any atom is -0.390 e. The highest BCUT2D eigenvalue weighted by Crippen LogP contribution is 2.28. The van der Waals surface area contributed by atoms with Gasteiger partial charge >= 0.3 is 0 Å². The van der Waals surface area contributed by atoms with Crippen molar-refractivity contribution in [2.75, 3.05) is 0 Å². The molecule has 13 heavy (non-hydrogen) atoms. The van der Waals surface area contributed by atoms with Crippen LogP contribution in [0.25, 0.3) is 0 Å². The molecule has 0 bridgehead atoms. The minimum atomic E-state index is -0.432. The van der Waals surface area contributed by atoms with Crippen LogP contribution in [-0.4, -0.2) is 10.7 Å². The highest BCUT2D eigenvalue weighted by atomic mass is 16.3. The molecule has 1 N–H and O–H groups in total. The number of aliphatic hydroxyl groups is 1. The standard InChI is InChI=1S/C12H26O/c1-5-8-9-10-12(4,13)11(6-2)7-3/h11,13H,5-10H2,1-4H3. The molecule has 0 radical (unpaired) electrons. The van der Waals surface area contributed by atoms with Crippen LogP contribution in [0.3, 0.4) is 0 Å². The van der Waals surface area contributed by atoms with Gasteiger partial charge in [-0.1, -0.05) is 52.9 Å². The van der Waals surface area contributed by atoms with E-state index in [9.17, 15) is 5.11 Å². The average molecular weight is 186 g/mol. The first-order valence-corrected chi connectivity index (χ1v) is 5.80. The normalized spacial score (nSPS) is 16.2. The van der Waals surface area contributed by atoms with Crippen molar-refractivity contribution in [3.05, 3.63) is 0 Å². The van der Waals surface area contributed by atoms with Gasteiger partial charge in [0.05, 0.1) is 5.60 Å². The van der Waals surface area contributed by atoms with Gasteiger partial charge in [0.25, 0.3) is 0 Å². The van der Waals surface area contributed by atoms with Crippen molar-refractivity contribution in [1.29, 1.82) is 0 Å². The lowest BCUT2D eigenvalue weighted by Crippen LogP contribution is -2.33. The van der Waals surface area contributed by atoms with E-state index in [0.29, 0.717) is 5.92 Å². The molecule has 0 aromatic carbocycles. The molecule has 0 saturated carbocycles. The number of hydrogen-bond donors (Lipinski definition) is 1. The lowest BCUT2D eigenvalue weighted by molar-refractivity contribution is -0.0141. The van der Waals surface area contributed by atoms with Gasteiger partial charge in [0.1, 0.15) is 0 Å². The zero-order chi connectivity index (χ0) is 10.3. The second kappa shape index (κ2) is 6.42. The molecular weight excluding hydrogens is 160 g/mol. The largest absolute Gasteiger partial charge is 0.390 e. The smallest absolute Gasteiger partial charge is 0.0647 e. The van der Waals surface area contributed by atoms with Gasteiger partial charge in [-0.2, -0.15) is 0 Å². The minimum absolute atomic E-state index is 0.432. The zero-order valence-electron chi connectivity index (χ0n) is 9.77. The molecule has 1 unspecified atom stereocenters. The molecule has 0 aliphatic rings. The van der Waals surface area contributed by atoms with E-state index < -0.39 is 5.60 Å². The van der Waals surface area contributed by atoms with Crippen LogP contribution in [0.15, 0.2) is 0 Å². The van der Waals surface area contributed by atoms with E-state index in [1.54, 1.807) is 0 Å². The van der Waals surface area contributed by atoms with Gasteiger partial charge in [-0.15, -0.1) is 0 Å². The molecule has 1 heteroatoms. The second-order valence-electron chi connectivity index (χ2n) is 4.33. The molecule has 0 spiro atoms. The SMILES string of the molecule is CCCCCC(C)(O)C(CC)CC. The lowest BCUT2D eigenvalue weighted by Gasteiger charge is -2.31.